The van der Waals surface area contributed by atoms with E-state index >= 15 is 0 Å². The topological polar surface area (TPSA) is 72.5 Å². The minimum atomic E-state index is -2.47. The average Bonchev–Trinajstić information content (AvgIpc) is 2.18. The predicted octanol–water partition coefficient (Wildman–Crippen LogP) is 0.986. The smallest absolute Gasteiger partial charge is 0.319 e. The Bertz CT molecular complexity index is 382. The molecule has 1 rings (SSSR count). The second-order valence-electron chi connectivity index (χ2n) is 2.01. The summed E-state index contributed by atoms with van der Waals surface area (Å²) in [6.07, 6.45) is 0. The molecule has 1 heterocycles. The molecule has 0 amide bonds. The number of nitrogens with zero attached hydrogens (tertiary/aromatic N) is 2. The molecule has 0 aliphatic heterocycles. The van der Waals surface area contributed by atoms with Crippen LogP contribution in [0.1, 0.15) is 11.3 Å². The van der Waals surface area contributed by atoms with Crippen molar-refractivity contribution in [2.75, 3.05) is 0 Å². The lowest BCUT2D eigenvalue weighted by atomic mass is 10.3. The van der Waals surface area contributed by atoms with Gasteiger partial charge in [-0.15, -0.1) is 0 Å². The highest BCUT2D eigenvalue weighted by molar-refractivity contribution is 7.61. The third-order valence-corrected chi connectivity index (χ3v) is 1.60. The summed E-state index contributed by atoms with van der Waals surface area (Å²) in [5.74, 6) is 0.0517. The molecule has 0 saturated heterocycles. The minimum Gasteiger partial charge on any atom is -0.335 e. The fourth-order valence-corrected chi connectivity index (χ4v) is 0.862. The van der Waals surface area contributed by atoms with Crippen LogP contribution in [0.2, 0.25) is 0 Å². The maximum Gasteiger partial charge on any atom is 0.319 e. The van der Waals surface area contributed by atoms with Gasteiger partial charge in [0.05, 0.1) is 5.69 Å². The summed E-state index contributed by atoms with van der Waals surface area (Å²) in [6.45, 7) is 3.41. The predicted molar refractivity (Wildman–Crippen MR) is 37.0 cm³/mol. The van der Waals surface area contributed by atoms with Gasteiger partial charge in [-0.05, 0) is 13.8 Å². The van der Waals surface area contributed by atoms with E-state index in [2.05, 4.69) is 14.0 Å². The third kappa shape index (κ3) is 1.64. The molecule has 0 N–H and O–H groups in total. The number of hydrogen-bond acceptors (Lipinski definition) is 5. The number of hydrogen-bond donors (Lipinski definition) is 0. The van der Waals surface area contributed by atoms with Crippen LogP contribution in [-0.2, 0) is 10.5 Å². The lowest BCUT2D eigenvalue weighted by molar-refractivity contribution is 0.425. The monoisotopic (exact) mass is 174 g/mol. The van der Waals surface area contributed by atoms with Gasteiger partial charge in [0.2, 0.25) is 0 Å². The Morgan fingerprint density at radius 2 is 2.09 bits per heavy atom. The Morgan fingerprint density at radius 1 is 1.45 bits per heavy atom. The molecule has 0 fully saturated rings. The standard InChI is InChI=1S/C5H6N2O3S/c1-3-4(2)6-10-5(3)7-11(8)9/h1-2H3. The highest BCUT2D eigenvalue weighted by Gasteiger charge is 2.06. The quantitative estimate of drug-likeness (QED) is 0.636. The van der Waals surface area contributed by atoms with E-state index in [-0.39, 0.29) is 5.88 Å². The summed E-state index contributed by atoms with van der Waals surface area (Å²) in [5, 5.41) is 3.53. The third-order valence-electron chi connectivity index (χ3n) is 1.29. The van der Waals surface area contributed by atoms with E-state index < -0.39 is 10.5 Å². The van der Waals surface area contributed by atoms with Crippen molar-refractivity contribution in [3.63, 3.8) is 0 Å². The first-order valence-electron chi connectivity index (χ1n) is 2.85. The molecule has 0 aliphatic rings. The fraction of sp³-hybridized carbons (Fsp3) is 0.400. The maximum absolute atomic E-state index is 10.1. The van der Waals surface area contributed by atoms with Gasteiger partial charge in [-0.2, -0.15) is 8.42 Å². The van der Waals surface area contributed by atoms with Crippen LogP contribution in [0.5, 0.6) is 0 Å². The molecule has 11 heavy (non-hydrogen) atoms. The van der Waals surface area contributed by atoms with Crippen LogP contribution < -0.4 is 0 Å². The molecule has 0 bridgehead atoms. The van der Waals surface area contributed by atoms with Gasteiger partial charge in [-0.3, -0.25) is 0 Å². The van der Waals surface area contributed by atoms with Crippen molar-refractivity contribution < 1.29 is 12.9 Å². The highest BCUT2D eigenvalue weighted by atomic mass is 32.2. The summed E-state index contributed by atoms with van der Waals surface area (Å²) in [7, 11) is -2.47. The van der Waals surface area contributed by atoms with E-state index in [1.165, 1.54) is 0 Å². The molecular formula is C5H6N2O3S. The van der Waals surface area contributed by atoms with Crippen molar-refractivity contribution >= 4 is 16.4 Å². The number of aryl methyl sites for hydroxylation is 1. The molecule has 1 aromatic rings. The van der Waals surface area contributed by atoms with Crippen molar-refractivity contribution in [3.8, 4) is 0 Å². The molecule has 60 valence electrons. The van der Waals surface area contributed by atoms with Gasteiger partial charge in [0.1, 0.15) is 0 Å². The van der Waals surface area contributed by atoms with Gasteiger partial charge in [0.25, 0.3) is 5.88 Å². The summed E-state index contributed by atoms with van der Waals surface area (Å²) in [4.78, 5) is 0. The zero-order valence-corrected chi connectivity index (χ0v) is 6.84. The van der Waals surface area contributed by atoms with Crippen molar-refractivity contribution in [2.24, 2.45) is 4.36 Å². The molecule has 0 spiro atoms. The molecule has 0 saturated carbocycles. The number of rotatable bonds is 1. The molecule has 0 unspecified atom stereocenters. The molecule has 0 aromatic carbocycles. The number of aromatic nitrogens is 1. The molecule has 1 aromatic heterocycles. The normalized spacial score (nSPS) is 9.64. The van der Waals surface area contributed by atoms with Gasteiger partial charge in [-0.1, -0.05) is 9.52 Å². The Labute approximate surface area is 64.7 Å². The van der Waals surface area contributed by atoms with E-state index in [0.29, 0.717) is 11.3 Å². The molecule has 6 heteroatoms. The molecule has 0 aliphatic carbocycles. The zero-order valence-electron chi connectivity index (χ0n) is 6.03. The Kier molecular flexibility index (Phi) is 2.04. The average molecular weight is 174 g/mol. The fourth-order valence-electron chi connectivity index (χ4n) is 0.556. The minimum absolute atomic E-state index is 0.0517. The lowest BCUT2D eigenvalue weighted by Gasteiger charge is -1.80. The second-order valence-corrected chi connectivity index (χ2v) is 2.62. The molecular weight excluding hydrogens is 168 g/mol. The Balaban J connectivity index is 3.26. The van der Waals surface area contributed by atoms with E-state index in [1.54, 1.807) is 13.8 Å². The molecule has 0 atom stereocenters. The zero-order chi connectivity index (χ0) is 8.43. The van der Waals surface area contributed by atoms with Gasteiger partial charge in [0, 0.05) is 5.56 Å². The molecule has 5 nitrogen and oxygen atoms in total. The summed E-state index contributed by atoms with van der Waals surface area (Å²) in [5.41, 5.74) is 1.29. The van der Waals surface area contributed by atoms with E-state index in [1.807, 2.05) is 0 Å². The maximum atomic E-state index is 10.1. The largest absolute Gasteiger partial charge is 0.335 e. The van der Waals surface area contributed by atoms with Crippen LogP contribution in [0.3, 0.4) is 0 Å². The SMILES string of the molecule is Cc1noc(N=S(=O)=O)c1C. The van der Waals surface area contributed by atoms with E-state index in [4.69, 9.17) is 0 Å². The van der Waals surface area contributed by atoms with Crippen LogP contribution in [-0.4, -0.2) is 13.6 Å². The van der Waals surface area contributed by atoms with Crippen molar-refractivity contribution in [1.82, 2.24) is 5.16 Å². The molecule has 0 radical (unpaired) electrons. The van der Waals surface area contributed by atoms with Crippen LogP contribution in [0.15, 0.2) is 8.89 Å². The second kappa shape index (κ2) is 2.83. The Morgan fingerprint density at radius 3 is 2.45 bits per heavy atom. The Hall–Kier alpha value is -1.17. The first-order valence-corrected chi connectivity index (χ1v) is 3.88. The van der Waals surface area contributed by atoms with Crippen LogP contribution >= 0.6 is 0 Å². The van der Waals surface area contributed by atoms with Crippen LogP contribution in [0, 0.1) is 13.8 Å². The van der Waals surface area contributed by atoms with Crippen LogP contribution in [0.4, 0.5) is 5.88 Å². The highest BCUT2D eigenvalue weighted by Crippen LogP contribution is 2.19. The van der Waals surface area contributed by atoms with Gasteiger partial charge < -0.3 is 4.52 Å². The first kappa shape index (κ1) is 7.93. The van der Waals surface area contributed by atoms with E-state index in [9.17, 15) is 8.42 Å². The van der Waals surface area contributed by atoms with E-state index in [0.717, 1.165) is 0 Å². The van der Waals surface area contributed by atoms with Crippen molar-refractivity contribution in [1.29, 1.82) is 0 Å². The van der Waals surface area contributed by atoms with Crippen molar-refractivity contribution in [3.05, 3.63) is 11.3 Å². The first-order chi connectivity index (χ1) is 5.11. The van der Waals surface area contributed by atoms with Gasteiger partial charge in [-0.25, -0.2) is 0 Å². The lowest BCUT2D eigenvalue weighted by Crippen LogP contribution is -1.71. The van der Waals surface area contributed by atoms with Crippen molar-refractivity contribution in [2.45, 2.75) is 13.8 Å². The van der Waals surface area contributed by atoms with Gasteiger partial charge >= 0.3 is 10.5 Å². The summed E-state index contributed by atoms with van der Waals surface area (Å²) >= 11 is 0. The van der Waals surface area contributed by atoms with Gasteiger partial charge in [0.15, 0.2) is 0 Å². The summed E-state index contributed by atoms with van der Waals surface area (Å²) in [6, 6.07) is 0. The summed E-state index contributed by atoms with van der Waals surface area (Å²) < 4.78 is 27.9. The van der Waals surface area contributed by atoms with Crippen LogP contribution in [0.25, 0.3) is 0 Å².